The first-order valence-electron chi connectivity index (χ1n) is 8.57. The van der Waals surface area contributed by atoms with Crippen molar-refractivity contribution in [2.24, 2.45) is 0 Å². The molecule has 2 aromatic carbocycles. The summed E-state index contributed by atoms with van der Waals surface area (Å²) in [7, 11) is 0. The van der Waals surface area contributed by atoms with Crippen molar-refractivity contribution in [1.29, 1.82) is 5.26 Å². The zero-order valence-electron chi connectivity index (χ0n) is 15.1. The fraction of sp³-hybridized carbons (Fsp3) is 0.300. The lowest BCUT2D eigenvalue weighted by Gasteiger charge is -2.24. The second-order valence-corrected chi connectivity index (χ2v) is 6.52. The molecule has 2 rings (SSSR count). The number of amides is 1. The van der Waals surface area contributed by atoms with Crippen molar-refractivity contribution < 1.29 is 22.7 Å². The topological polar surface area (TPSA) is 53.3 Å². The average molecular weight is 411 g/mol. The first kappa shape index (κ1) is 21.6. The number of alkyl halides is 3. The van der Waals surface area contributed by atoms with Gasteiger partial charge in [0, 0.05) is 17.1 Å². The van der Waals surface area contributed by atoms with Crippen LogP contribution in [0.1, 0.15) is 37.3 Å². The molecule has 0 saturated carbocycles. The monoisotopic (exact) mass is 410 g/mol. The molecule has 1 amide bonds. The van der Waals surface area contributed by atoms with Gasteiger partial charge in [-0.2, -0.15) is 5.26 Å². The molecule has 0 aliphatic carbocycles. The van der Waals surface area contributed by atoms with Crippen LogP contribution in [0.2, 0.25) is 5.02 Å². The van der Waals surface area contributed by atoms with Crippen LogP contribution in [0.4, 0.5) is 18.9 Å². The highest BCUT2D eigenvalue weighted by atomic mass is 35.5. The van der Waals surface area contributed by atoms with Crippen molar-refractivity contribution in [3.63, 3.8) is 0 Å². The predicted molar refractivity (Wildman–Crippen MR) is 100 cm³/mol. The van der Waals surface area contributed by atoms with Gasteiger partial charge in [-0.25, -0.2) is 0 Å². The summed E-state index contributed by atoms with van der Waals surface area (Å²) in [6.45, 7) is 2.09. The van der Waals surface area contributed by atoms with Crippen LogP contribution in [0, 0.1) is 11.3 Å². The first-order valence-corrected chi connectivity index (χ1v) is 8.95. The number of ether oxygens (including phenoxy) is 1. The number of rotatable bonds is 7. The van der Waals surface area contributed by atoms with Crippen LogP contribution >= 0.6 is 11.6 Å². The van der Waals surface area contributed by atoms with Gasteiger partial charge in [0.25, 0.3) is 0 Å². The standard InChI is InChI=1S/C20H18ClF3N2O2/c1-2-3-4-19(27)26(17-10-15(12-25)9-16(21)11-17)13-14-5-7-18(8-6-14)28-20(22,23)24/h5-11H,2-4,13H2,1H3. The summed E-state index contributed by atoms with van der Waals surface area (Å²) in [5.41, 5.74) is 1.38. The number of carbonyl (C=O) groups excluding carboxylic acids is 1. The van der Waals surface area contributed by atoms with Gasteiger partial charge in [0.05, 0.1) is 18.2 Å². The number of nitriles is 1. The quantitative estimate of drug-likeness (QED) is 0.576. The molecule has 0 N–H and O–H groups in total. The van der Waals surface area contributed by atoms with Crippen molar-refractivity contribution in [2.45, 2.75) is 39.1 Å². The Balaban J connectivity index is 2.29. The summed E-state index contributed by atoms with van der Waals surface area (Å²) in [6.07, 6.45) is -2.93. The lowest BCUT2D eigenvalue weighted by molar-refractivity contribution is -0.274. The van der Waals surface area contributed by atoms with E-state index in [4.69, 9.17) is 16.9 Å². The van der Waals surface area contributed by atoms with Gasteiger partial charge in [-0.3, -0.25) is 4.79 Å². The summed E-state index contributed by atoms with van der Waals surface area (Å²) in [5.74, 6) is -0.502. The number of hydrogen-bond donors (Lipinski definition) is 0. The SMILES string of the molecule is CCCCC(=O)N(Cc1ccc(OC(F)(F)F)cc1)c1cc(Cl)cc(C#N)c1. The third-order valence-electron chi connectivity index (χ3n) is 3.87. The highest BCUT2D eigenvalue weighted by Crippen LogP contribution is 2.27. The molecule has 0 aliphatic rings. The molecule has 0 atom stereocenters. The molecule has 0 aliphatic heterocycles. The minimum atomic E-state index is -4.77. The van der Waals surface area contributed by atoms with E-state index in [1.54, 1.807) is 12.1 Å². The van der Waals surface area contributed by atoms with Crippen LogP contribution in [-0.2, 0) is 11.3 Å². The number of anilines is 1. The maximum absolute atomic E-state index is 12.7. The molecule has 0 saturated heterocycles. The van der Waals surface area contributed by atoms with Crippen molar-refractivity contribution >= 4 is 23.2 Å². The summed E-state index contributed by atoms with van der Waals surface area (Å²) in [4.78, 5) is 14.2. The van der Waals surface area contributed by atoms with E-state index in [0.29, 0.717) is 34.7 Å². The van der Waals surface area contributed by atoms with Crippen molar-refractivity contribution in [2.75, 3.05) is 4.90 Å². The van der Waals surface area contributed by atoms with Gasteiger partial charge in [0.2, 0.25) is 5.91 Å². The Morgan fingerprint density at radius 3 is 2.46 bits per heavy atom. The summed E-state index contributed by atoms with van der Waals surface area (Å²) < 4.78 is 40.7. The van der Waals surface area contributed by atoms with Crippen molar-refractivity contribution in [1.82, 2.24) is 0 Å². The molecular weight excluding hydrogens is 393 g/mol. The van der Waals surface area contributed by atoms with E-state index in [9.17, 15) is 18.0 Å². The van der Waals surface area contributed by atoms with E-state index in [1.807, 2.05) is 13.0 Å². The smallest absolute Gasteiger partial charge is 0.406 e. The molecule has 2 aromatic rings. The Kier molecular flexibility index (Phi) is 7.30. The second kappa shape index (κ2) is 9.47. The van der Waals surface area contributed by atoms with E-state index in [1.165, 1.54) is 35.2 Å². The zero-order chi connectivity index (χ0) is 20.7. The van der Waals surface area contributed by atoms with E-state index in [-0.39, 0.29) is 18.2 Å². The molecular formula is C20H18ClF3N2O2. The minimum Gasteiger partial charge on any atom is -0.406 e. The number of carbonyl (C=O) groups is 1. The Morgan fingerprint density at radius 2 is 1.89 bits per heavy atom. The van der Waals surface area contributed by atoms with Gasteiger partial charge in [-0.1, -0.05) is 37.1 Å². The van der Waals surface area contributed by atoms with Gasteiger partial charge in [0.1, 0.15) is 5.75 Å². The highest BCUT2D eigenvalue weighted by molar-refractivity contribution is 6.31. The van der Waals surface area contributed by atoms with Gasteiger partial charge in [-0.05, 0) is 42.3 Å². The molecule has 8 heteroatoms. The molecule has 0 aromatic heterocycles. The second-order valence-electron chi connectivity index (χ2n) is 6.09. The summed E-state index contributed by atoms with van der Waals surface area (Å²) in [6, 6.07) is 11.9. The van der Waals surface area contributed by atoms with Crippen LogP contribution in [0.15, 0.2) is 42.5 Å². The molecule has 0 fully saturated rings. The zero-order valence-corrected chi connectivity index (χ0v) is 15.8. The minimum absolute atomic E-state index is 0.125. The van der Waals surface area contributed by atoms with E-state index < -0.39 is 6.36 Å². The Labute approximate surface area is 166 Å². The van der Waals surface area contributed by atoms with E-state index in [0.717, 1.165) is 6.42 Å². The molecule has 4 nitrogen and oxygen atoms in total. The van der Waals surface area contributed by atoms with Crippen molar-refractivity contribution in [3.8, 4) is 11.8 Å². The average Bonchev–Trinajstić information content (AvgIpc) is 2.63. The maximum atomic E-state index is 12.7. The fourth-order valence-corrected chi connectivity index (χ4v) is 2.79. The van der Waals surface area contributed by atoms with Crippen LogP contribution < -0.4 is 9.64 Å². The van der Waals surface area contributed by atoms with Gasteiger partial charge >= 0.3 is 6.36 Å². The van der Waals surface area contributed by atoms with E-state index >= 15 is 0 Å². The van der Waals surface area contributed by atoms with Crippen LogP contribution in [0.5, 0.6) is 5.75 Å². The molecule has 0 unspecified atom stereocenters. The number of benzene rings is 2. The molecule has 0 radical (unpaired) electrons. The molecule has 148 valence electrons. The fourth-order valence-electron chi connectivity index (χ4n) is 2.56. The molecule has 0 bridgehead atoms. The Bertz CT molecular complexity index is 861. The van der Waals surface area contributed by atoms with Crippen LogP contribution in [-0.4, -0.2) is 12.3 Å². The normalized spacial score (nSPS) is 11.0. The van der Waals surface area contributed by atoms with E-state index in [2.05, 4.69) is 4.74 Å². The number of hydrogen-bond acceptors (Lipinski definition) is 3. The largest absolute Gasteiger partial charge is 0.573 e. The molecule has 0 heterocycles. The van der Waals surface area contributed by atoms with Gasteiger partial charge in [-0.15, -0.1) is 13.2 Å². The molecule has 0 spiro atoms. The van der Waals surface area contributed by atoms with Crippen molar-refractivity contribution in [3.05, 3.63) is 58.6 Å². The number of unbranched alkanes of at least 4 members (excludes halogenated alkanes) is 1. The number of nitrogens with zero attached hydrogens (tertiary/aromatic N) is 2. The molecule has 28 heavy (non-hydrogen) atoms. The van der Waals surface area contributed by atoms with Gasteiger partial charge in [0.15, 0.2) is 0 Å². The highest BCUT2D eigenvalue weighted by Gasteiger charge is 2.31. The Morgan fingerprint density at radius 1 is 1.21 bits per heavy atom. The lowest BCUT2D eigenvalue weighted by atomic mass is 10.1. The predicted octanol–water partition coefficient (Wildman–Crippen LogP) is 5.83. The third-order valence-corrected chi connectivity index (χ3v) is 4.08. The third kappa shape index (κ3) is 6.46. The maximum Gasteiger partial charge on any atom is 0.573 e. The van der Waals surface area contributed by atoms with Gasteiger partial charge < -0.3 is 9.64 Å². The summed E-state index contributed by atoms with van der Waals surface area (Å²) in [5, 5.41) is 9.46. The van der Waals surface area contributed by atoms with Crippen LogP contribution in [0.3, 0.4) is 0 Å². The number of halogens is 4. The summed E-state index contributed by atoms with van der Waals surface area (Å²) >= 11 is 6.06. The Hall–Kier alpha value is -2.72. The van der Waals surface area contributed by atoms with Crippen LogP contribution in [0.25, 0.3) is 0 Å². The lowest BCUT2D eigenvalue weighted by Crippen LogP contribution is -2.30. The first-order chi connectivity index (χ1) is 13.2.